The lowest BCUT2D eigenvalue weighted by Gasteiger charge is -2.26. The Morgan fingerprint density at radius 3 is 2.72 bits per heavy atom. The van der Waals surface area contributed by atoms with Gasteiger partial charge in [0.15, 0.2) is 0 Å². The van der Waals surface area contributed by atoms with Crippen molar-refractivity contribution < 1.29 is 9.32 Å². The number of likely N-dealkylation sites (tertiary alicyclic amines) is 1. The highest BCUT2D eigenvalue weighted by Gasteiger charge is 2.36. The molecule has 1 saturated carbocycles. The van der Waals surface area contributed by atoms with Crippen LogP contribution in [0.3, 0.4) is 0 Å². The predicted molar refractivity (Wildman–Crippen MR) is 93.4 cm³/mol. The first kappa shape index (κ1) is 16.4. The lowest BCUT2D eigenvalue weighted by molar-refractivity contribution is 0.0732. The topological polar surface area (TPSA) is 75.0 Å². The molecular formula is C19H26N4O2. The molecule has 0 radical (unpaired) electrons. The minimum atomic E-state index is 0.0628. The van der Waals surface area contributed by atoms with Crippen molar-refractivity contribution >= 4 is 5.91 Å². The molecule has 1 amide bonds. The van der Waals surface area contributed by atoms with Gasteiger partial charge in [-0.25, -0.2) is 0 Å². The van der Waals surface area contributed by atoms with Gasteiger partial charge in [-0.05, 0) is 39.5 Å². The predicted octanol–water partition coefficient (Wildman–Crippen LogP) is 4.04. The molecule has 1 N–H and O–H groups in total. The van der Waals surface area contributed by atoms with Crippen LogP contribution in [0.25, 0.3) is 0 Å². The Kier molecular flexibility index (Phi) is 4.36. The first-order valence-electron chi connectivity index (χ1n) is 9.44. The number of aryl methyl sites for hydroxylation is 2. The summed E-state index contributed by atoms with van der Waals surface area (Å²) in [4.78, 5) is 15.3. The molecule has 0 unspecified atom stereocenters. The maximum Gasteiger partial charge on any atom is 0.257 e. The van der Waals surface area contributed by atoms with Gasteiger partial charge in [0, 0.05) is 18.0 Å². The Balaban J connectivity index is 1.61. The Labute approximate surface area is 148 Å². The van der Waals surface area contributed by atoms with Crippen LogP contribution >= 0.6 is 0 Å². The average molecular weight is 342 g/mol. The molecule has 1 aliphatic heterocycles. The molecule has 6 heteroatoms. The van der Waals surface area contributed by atoms with E-state index in [1.807, 2.05) is 18.7 Å². The lowest BCUT2D eigenvalue weighted by atomic mass is 9.85. The fourth-order valence-electron chi connectivity index (χ4n) is 4.60. The SMILES string of the molecule is Cc1noc(C)c1[C@@H]1CCCN1C(=O)c1cn[nH]c1C1CCCCC1. The molecule has 0 spiro atoms. The zero-order valence-corrected chi connectivity index (χ0v) is 15.0. The van der Waals surface area contributed by atoms with Crippen molar-refractivity contribution in [3.63, 3.8) is 0 Å². The zero-order chi connectivity index (χ0) is 17.4. The summed E-state index contributed by atoms with van der Waals surface area (Å²) in [6.45, 7) is 4.67. The number of nitrogens with zero attached hydrogens (tertiary/aromatic N) is 3. The van der Waals surface area contributed by atoms with Gasteiger partial charge in [-0.3, -0.25) is 9.89 Å². The number of aromatic amines is 1. The second kappa shape index (κ2) is 6.65. The van der Waals surface area contributed by atoms with Gasteiger partial charge in [0.1, 0.15) is 5.76 Å². The smallest absolute Gasteiger partial charge is 0.257 e. The molecule has 134 valence electrons. The average Bonchev–Trinajstić information content (AvgIpc) is 3.35. The number of amides is 1. The van der Waals surface area contributed by atoms with E-state index in [-0.39, 0.29) is 11.9 Å². The molecule has 0 aromatic carbocycles. The highest BCUT2D eigenvalue weighted by atomic mass is 16.5. The van der Waals surface area contributed by atoms with E-state index in [1.54, 1.807) is 6.20 Å². The van der Waals surface area contributed by atoms with E-state index in [9.17, 15) is 4.79 Å². The van der Waals surface area contributed by atoms with E-state index in [0.717, 1.165) is 60.5 Å². The minimum Gasteiger partial charge on any atom is -0.361 e. The van der Waals surface area contributed by atoms with E-state index < -0.39 is 0 Å². The fourth-order valence-corrected chi connectivity index (χ4v) is 4.60. The number of rotatable bonds is 3. The molecule has 6 nitrogen and oxygen atoms in total. The maximum atomic E-state index is 13.3. The van der Waals surface area contributed by atoms with Gasteiger partial charge in [0.05, 0.1) is 29.2 Å². The summed E-state index contributed by atoms with van der Waals surface area (Å²) < 4.78 is 5.34. The summed E-state index contributed by atoms with van der Waals surface area (Å²) in [6.07, 6.45) is 9.77. The Bertz CT molecular complexity index is 738. The Hall–Kier alpha value is -2.11. The summed E-state index contributed by atoms with van der Waals surface area (Å²) in [5, 5.41) is 11.4. The molecule has 25 heavy (non-hydrogen) atoms. The van der Waals surface area contributed by atoms with Crippen molar-refractivity contribution in [3.8, 4) is 0 Å². The van der Waals surface area contributed by atoms with Crippen molar-refractivity contribution in [2.75, 3.05) is 6.54 Å². The van der Waals surface area contributed by atoms with Crippen LogP contribution in [0.2, 0.25) is 0 Å². The highest BCUT2D eigenvalue weighted by Crippen LogP contribution is 2.38. The molecule has 2 fully saturated rings. The summed E-state index contributed by atoms with van der Waals surface area (Å²) in [5.41, 5.74) is 3.76. The standard InChI is InChI=1S/C19H26N4O2/c1-12-17(13(2)25-22-12)16-9-6-10-23(16)19(24)15-11-20-21-18(15)14-7-4-3-5-8-14/h11,14,16H,3-10H2,1-2H3,(H,20,21)/t16-/m0/s1. The monoisotopic (exact) mass is 342 g/mol. The lowest BCUT2D eigenvalue weighted by Crippen LogP contribution is -2.31. The number of carbonyl (C=O) groups excluding carboxylic acids is 1. The van der Waals surface area contributed by atoms with Gasteiger partial charge in [-0.15, -0.1) is 0 Å². The fraction of sp³-hybridized carbons (Fsp3) is 0.632. The summed E-state index contributed by atoms with van der Waals surface area (Å²) in [6, 6.07) is 0.0628. The molecule has 3 heterocycles. The van der Waals surface area contributed by atoms with Crippen LogP contribution in [0.1, 0.15) is 90.0 Å². The number of hydrogen-bond donors (Lipinski definition) is 1. The van der Waals surface area contributed by atoms with Crippen molar-refractivity contribution in [2.45, 2.75) is 70.8 Å². The van der Waals surface area contributed by atoms with E-state index in [2.05, 4.69) is 15.4 Å². The highest BCUT2D eigenvalue weighted by molar-refractivity contribution is 5.95. The molecule has 1 atom stereocenters. The van der Waals surface area contributed by atoms with Gasteiger partial charge in [-0.2, -0.15) is 5.10 Å². The van der Waals surface area contributed by atoms with Crippen molar-refractivity contribution in [3.05, 3.63) is 34.5 Å². The van der Waals surface area contributed by atoms with Gasteiger partial charge >= 0.3 is 0 Å². The van der Waals surface area contributed by atoms with E-state index >= 15 is 0 Å². The number of carbonyl (C=O) groups is 1. The van der Waals surface area contributed by atoms with Gasteiger partial charge < -0.3 is 9.42 Å². The molecule has 2 aromatic rings. The molecule has 2 aromatic heterocycles. The van der Waals surface area contributed by atoms with E-state index in [0.29, 0.717) is 5.92 Å². The third kappa shape index (κ3) is 2.87. The van der Waals surface area contributed by atoms with Crippen LogP contribution in [0, 0.1) is 13.8 Å². The van der Waals surface area contributed by atoms with Crippen LogP contribution in [-0.2, 0) is 0 Å². The van der Waals surface area contributed by atoms with Gasteiger partial charge in [-0.1, -0.05) is 24.4 Å². The van der Waals surface area contributed by atoms with E-state index in [1.165, 1.54) is 19.3 Å². The third-order valence-electron chi connectivity index (χ3n) is 5.85. The van der Waals surface area contributed by atoms with Gasteiger partial charge in [0.25, 0.3) is 5.91 Å². The van der Waals surface area contributed by atoms with Crippen molar-refractivity contribution in [1.29, 1.82) is 0 Å². The first-order valence-corrected chi connectivity index (χ1v) is 9.44. The number of hydrogen-bond acceptors (Lipinski definition) is 4. The Morgan fingerprint density at radius 1 is 1.20 bits per heavy atom. The summed E-state index contributed by atoms with van der Waals surface area (Å²) >= 11 is 0. The molecule has 2 aliphatic rings. The van der Waals surface area contributed by atoms with Crippen LogP contribution in [0.4, 0.5) is 0 Å². The van der Waals surface area contributed by atoms with Crippen LogP contribution < -0.4 is 0 Å². The zero-order valence-electron chi connectivity index (χ0n) is 15.0. The van der Waals surface area contributed by atoms with Crippen molar-refractivity contribution in [1.82, 2.24) is 20.3 Å². The molecule has 1 aliphatic carbocycles. The van der Waals surface area contributed by atoms with E-state index in [4.69, 9.17) is 4.52 Å². The number of nitrogens with one attached hydrogen (secondary N) is 1. The molecular weight excluding hydrogens is 316 g/mol. The minimum absolute atomic E-state index is 0.0628. The molecule has 1 saturated heterocycles. The maximum absolute atomic E-state index is 13.3. The quantitative estimate of drug-likeness (QED) is 0.913. The largest absolute Gasteiger partial charge is 0.361 e. The second-order valence-corrected chi connectivity index (χ2v) is 7.43. The summed E-state index contributed by atoms with van der Waals surface area (Å²) in [7, 11) is 0. The normalized spacial score (nSPS) is 21.8. The summed E-state index contributed by atoms with van der Waals surface area (Å²) in [5.74, 6) is 1.36. The van der Waals surface area contributed by atoms with Gasteiger partial charge in [0.2, 0.25) is 0 Å². The first-order chi connectivity index (χ1) is 12.2. The number of aromatic nitrogens is 3. The number of H-pyrrole nitrogens is 1. The van der Waals surface area contributed by atoms with Crippen molar-refractivity contribution in [2.24, 2.45) is 0 Å². The third-order valence-corrected chi connectivity index (χ3v) is 5.85. The van der Waals surface area contributed by atoms with Crippen LogP contribution in [0.15, 0.2) is 10.7 Å². The van der Waals surface area contributed by atoms with Crippen LogP contribution in [0.5, 0.6) is 0 Å². The second-order valence-electron chi connectivity index (χ2n) is 7.43. The Morgan fingerprint density at radius 2 is 2.00 bits per heavy atom. The molecule has 0 bridgehead atoms. The van der Waals surface area contributed by atoms with Crippen LogP contribution in [-0.4, -0.2) is 32.7 Å². The molecule has 4 rings (SSSR count).